The number of hydrogen-bond acceptors (Lipinski definition) is 1. The van der Waals surface area contributed by atoms with Gasteiger partial charge in [-0.1, -0.05) is 45.9 Å². The molecule has 0 aliphatic heterocycles. The number of para-hydroxylation sites is 1. The summed E-state index contributed by atoms with van der Waals surface area (Å²) in [4.78, 5) is 0. The second kappa shape index (κ2) is 12.7. The lowest BCUT2D eigenvalue weighted by Gasteiger charge is -1.93. The molecule has 0 spiro atoms. The lowest BCUT2D eigenvalue weighted by Crippen LogP contribution is -1.78. The smallest absolute Gasteiger partial charge is 0.118 e. The van der Waals surface area contributed by atoms with Crippen LogP contribution in [0.5, 0.6) is 5.75 Å². The van der Waals surface area contributed by atoms with E-state index in [1.54, 1.807) is 7.11 Å². The van der Waals surface area contributed by atoms with E-state index >= 15 is 0 Å². The number of hydrogen-bond donors (Lipinski definition) is 0. The van der Waals surface area contributed by atoms with Crippen molar-refractivity contribution in [3.05, 3.63) is 30.3 Å². The summed E-state index contributed by atoms with van der Waals surface area (Å²) in [6.45, 7) is 8.00. The van der Waals surface area contributed by atoms with Crippen molar-refractivity contribution in [3.63, 3.8) is 0 Å². The monoisotopic (exact) mass is 168 g/mol. The van der Waals surface area contributed by atoms with Gasteiger partial charge in [-0.3, -0.25) is 0 Å². The number of rotatable bonds is 1. The van der Waals surface area contributed by atoms with E-state index in [2.05, 4.69) is 0 Å². The first-order valence-corrected chi connectivity index (χ1v) is 4.52. The van der Waals surface area contributed by atoms with Gasteiger partial charge >= 0.3 is 0 Å². The summed E-state index contributed by atoms with van der Waals surface area (Å²) in [5.41, 5.74) is 0. The van der Waals surface area contributed by atoms with Crippen molar-refractivity contribution in [2.75, 3.05) is 7.11 Å². The predicted octanol–water partition coefficient (Wildman–Crippen LogP) is 3.75. The molecule has 0 saturated carbocycles. The van der Waals surface area contributed by atoms with Crippen molar-refractivity contribution in [2.45, 2.75) is 27.7 Å². The second-order valence-corrected chi connectivity index (χ2v) is 1.52. The van der Waals surface area contributed by atoms with Gasteiger partial charge in [-0.25, -0.2) is 0 Å². The Morgan fingerprint density at radius 3 is 1.50 bits per heavy atom. The van der Waals surface area contributed by atoms with Crippen LogP contribution in [0.1, 0.15) is 27.7 Å². The van der Waals surface area contributed by atoms with Gasteiger partial charge in [0.1, 0.15) is 5.75 Å². The molecule has 0 bridgehead atoms. The van der Waals surface area contributed by atoms with Crippen molar-refractivity contribution < 1.29 is 4.74 Å². The van der Waals surface area contributed by atoms with Gasteiger partial charge in [0.15, 0.2) is 0 Å². The Morgan fingerprint density at radius 2 is 1.25 bits per heavy atom. The Morgan fingerprint density at radius 1 is 0.833 bits per heavy atom. The Balaban J connectivity index is 0. The fourth-order valence-electron chi connectivity index (χ4n) is 0.557. The quantitative estimate of drug-likeness (QED) is 0.620. The molecule has 0 saturated heterocycles. The lowest BCUT2D eigenvalue weighted by molar-refractivity contribution is 0.415. The van der Waals surface area contributed by atoms with E-state index in [9.17, 15) is 0 Å². The van der Waals surface area contributed by atoms with Crippen molar-refractivity contribution >= 4 is 0 Å². The molecule has 0 radical (unpaired) electrons. The topological polar surface area (TPSA) is 9.23 Å². The van der Waals surface area contributed by atoms with E-state index in [-0.39, 0.29) is 0 Å². The van der Waals surface area contributed by atoms with Crippen molar-refractivity contribution in [1.29, 1.82) is 0 Å². The van der Waals surface area contributed by atoms with Gasteiger partial charge in [-0.2, -0.15) is 0 Å². The highest BCUT2D eigenvalue weighted by Gasteiger charge is 1.80. The molecule has 0 aliphatic carbocycles. The molecular weight excluding hydrogens is 148 g/mol. The highest BCUT2D eigenvalue weighted by atomic mass is 16.5. The minimum atomic E-state index is 0.910. The Bertz CT molecular complexity index is 146. The van der Waals surface area contributed by atoms with Crippen LogP contribution >= 0.6 is 0 Å². The first-order chi connectivity index (χ1) is 5.93. The molecule has 0 unspecified atom stereocenters. The highest BCUT2D eigenvalue weighted by molar-refractivity contribution is 5.20. The third-order valence-corrected chi connectivity index (χ3v) is 0.979. The van der Waals surface area contributed by atoms with Gasteiger partial charge in [0, 0.05) is 0 Å². The van der Waals surface area contributed by atoms with Gasteiger partial charge in [0.25, 0.3) is 0 Å². The molecule has 1 rings (SSSR count). The van der Waals surface area contributed by atoms with E-state index in [1.165, 1.54) is 0 Å². The lowest BCUT2D eigenvalue weighted by atomic mass is 10.3. The zero-order chi connectivity index (χ0) is 9.82. The van der Waals surface area contributed by atoms with Crippen LogP contribution in [0.3, 0.4) is 0 Å². The van der Waals surface area contributed by atoms with E-state index in [0.717, 1.165) is 5.75 Å². The molecule has 0 aliphatic rings. The van der Waals surface area contributed by atoms with E-state index in [0.29, 0.717) is 0 Å². The van der Waals surface area contributed by atoms with Gasteiger partial charge < -0.3 is 4.74 Å². The van der Waals surface area contributed by atoms with Gasteiger partial charge in [-0.15, -0.1) is 0 Å². The molecular formula is C11H20O. The molecule has 0 amide bonds. The fourth-order valence-corrected chi connectivity index (χ4v) is 0.557. The number of benzene rings is 1. The molecule has 1 nitrogen and oxygen atoms in total. The number of methoxy groups -OCH3 is 1. The first-order valence-electron chi connectivity index (χ1n) is 4.52. The second-order valence-electron chi connectivity index (χ2n) is 1.52. The maximum Gasteiger partial charge on any atom is 0.118 e. The highest BCUT2D eigenvalue weighted by Crippen LogP contribution is 2.05. The van der Waals surface area contributed by atoms with Gasteiger partial charge in [0.05, 0.1) is 7.11 Å². The van der Waals surface area contributed by atoms with Crippen LogP contribution in [-0.2, 0) is 0 Å². The zero-order valence-electron chi connectivity index (χ0n) is 8.79. The first kappa shape index (κ1) is 13.6. The molecule has 0 N–H and O–H groups in total. The fraction of sp³-hybridized carbons (Fsp3) is 0.455. The Kier molecular flexibility index (Phi) is 14.4. The van der Waals surface area contributed by atoms with Crippen LogP contribution in [0, 0.1) is 0 Å². The van der Waals surface area contributed by atoms with Crippen LogP contribution in [0.15, 0.2) is 30.3 Å². The summed E-state index contributed by atoms with van der Waals surface area (Å²) in [6.07, 6.45) is 0. The van der Waals surface area contributed by atoms with Crippen molar-refractivity contribution in [2.24, 2.45) is 0 Å². The van der Waals surface area contributed by atoms with Crippen LogP contribution in [-0.4, -0.2) is 7.11 Å². The van der Waals surface area contributed by atoms with Crippen LogP contribution in [0.25, 0.3) is 0 Å². The molecule has 0 heterocycles. The average Bonchev–Trinajstić information content (AvgIpc) is 2.25. The molecule has 0 atom stereocenters. The van der Waals surface area contributed by atoms with Crippen molar-refractivity contribution in [1.82, 2.24) is 0 Å². The van der Waals surface area contributed by atoms with Crippen LogP contribution in [0.4, 0.5) is 0 Å². The third-order valence-electron chi connectivity index (χ3n) is 0.979. The summed E-state index contributed by atoms with van der Waals surface area (Å²) >= 11 is 0. The minimum Gasteiger partial charge on any atom is -0.497 e. The van der Waals surface area contributed by atoms with E-state index in [1.807, 2.05) is 58.0 Å². The largest absolute Gasteiger partial charge is 0.497 e. The molecule has 0 fully saturated rings. The molecule has 1 heteroatoms. The SMILES string of the molecule is CC.CC.COc1ccccc1. The zero-order valence-corrected chi connectivity index (χ0v) is 8.79. The van der Waals surface area contributed by atoms with Crippen molar-refractivity contribution in [3.8, 4) is 5.75 Å². The molecule has 70 valence electrons. The summed E-state index contributed by atoms with van der Waals surface area (Å²) < 4.78 is 4.91. The maximum atomic E-state index is 4.91. The van der Waals surface area contributed by atoms with E-state index < -0.39 is 0 Å². The third kappa shape index (κ3) is 7.13. The maximum absolute atomic E-state index is 4.91. The standard InChI is InChI=1S/C7H8O.2C2H6/c1-8-7-5-3-2-4-6-7;2*1-2/h2-6H,1H3;2*1-2H3. The molecule has 1 aromatic rings. The molecule has 12 heavy (non-hydrogen) atoms. The van der Waals surface area contributed by atoms with Crippen LogP contribution < -0.4 is 4.74 Å². The summed E-state index contributed by atoms with van der Waals surface area (Å²) in [5, 5.41) is 0. The number of ether oxygens (including phenoxy) is 1. The summed E-state index contributed by atoms with van der Waals surface area (Å²) in [7, 11) is 1.66. The van der Waals surface area contributed by atoms with E-state index in [4.69, 9.17) is 4.74 Å². The van der Waals surface area contributed by atoms with Gasteiger partial charge in [-0.05, 0) is 12.1 Å². The normalized spacial score (nSPS) is 6.75. The average molecular weight is 168 g/mol. The predicted molar refractivity (Wildman–Crippen MR) is 55.7 cm³/mol. The molecule has 1 aromatic carbocycles. The Labute approximate surface area is 76.4 Å². The van der Waals surface area contributed by atoms with Crippen LogP contribution in [0.2, 0.25) is 0 Å². The Hall–Kier alpha value is -0.980. The minimum absolute atomic E-state index is 0.910. The van der Waals surface area contributed by atoms with Gasteiger partial charge in [0.2, 0.25) is 0 Å². The summed E-state index contributed by atoms with van der Waals surface area (Å²) in [5.74, 6) is 0.910. The summed E-state index contributed by atoms with van der Waals surface area (Å²) in [6, 6.07) is 9.68. The molecule has 0 aromatic heterocycles.